The zero-order chi connectivity index (χ0) is 19.3. The van der Waals surface area contributed by atoms with Gasteiger partial charge in [0.25, 0.3) is 0 Å². The van der Waals surface area contributed by atoms with E-state index < -0.39 is 0 Å². The van der Waals surface area contributed by atoms with Crippen molar-refractivity contribution in [3.63, 3.8) is 0 Å². The Labute approximate surface area is 186 Å². The molecule has 1 aromatic heterocycles. The molecule has 0 fully saturated rings. The van der Waals surface area contributed by atoms with Gasteiger partial charge in [-0.3, -0.25) is 9.98 Å². The highest BCUT2D eigenvalue weighted by Crippen LogP contribution is 2.05. The van der Waals surface area contributed by atoms with Crippen molar-refractivity contribution in [2.45, 2.75) is 33.8 Å². The number of benzene rings is 1. The molecule has 0 spiro atoms. The fourth-order valence-electron chi connectivity index (χ4n) is 2.69. The lowest BCUT2D eigenvalue weighted by Crippen LogP contribution is -2.38. The van der Waals surface area contributed by atoms with E-state index in [1.807, 2.05) is 30.6 Å². The molecule has 0 amide bonds. The van der Waals surface area contributed by atoms with Gasteiger partial charge in [-0.25, -0.2) is 0 Å². The second-order valence-electron chi connectivity index (χ2n) is 6.80. The summed E-state index contributed by atoms with van der Waals surface area (Å²) in [6, 6.07) is 12.3. The van der Waals surface area contributed by atoms with Crippen LogP contribution in [0.2, 0.25) is 0 Å². The molecule has 0 bridgehead atoms. The van der Waals surface area contributed by atoms with Crippen LogP contribution in [0.1, 0.15) is 30.5 Å². The van der Waals surface area contributed by atoms with Crippen molar-refractivity contribution in [1.29, 1.82) is 0 Å². The SMILES string of the molecule is CCNC(=NCC(C)COCc1ccccc1)NCCc1ccncc1C.I. The first-order valence-electron chi connectivity index (χ1n) is 9.72. The normalized spacial score (nSPS) is 12.2. The van der Waals surface area contributed by atoms with Crippen molar-refractivity contribution >= 4 is 29.9 Å². The summed E-state index contributed by atoms with van der Waals surface area (Å²) in [7, 11) is 0. The average Bonchev–Trinajstić information content (AvgIpc) is 2.68. The molecular weight excluding hydrogens is 463 g/mol. The number of aromatic nitrogens is 1. The number of ether oxygens (including phenoxy) is 1. The Hall–Kier alpha value is -1.67. The first-order chi connectivity index (χ1) is 13.2. The van der Waals surface area contributed by atoms with E-state index in [1.165, 1.54) is 16.7 Å². The average molecular weight is 496 g/mol. The fourth-order valence-corrected chi connectivity index (χ4v) is 2.69. The zero-order valence-corrected chi connectivity index (χ0v) is 19.5. The Kier molecular flexibility index (Phi) is 12.5. The quantitative estimate of drug-likeness (QED) is 0.297. The van der Waals surface area contributed by atoms with Gasteiger partial charge in [-0.1, -0.05) is 37.3 Å². The molecule has 0 radical (unpaired) electrons. The Bertz CT molecular complexity index is 694. The summed E-state index contributed by atoms with van der Waals surface area (Å²) in [5.74, 6) is 1.23. The highest BCUT2D eigenvalue weighted by molar-refractivity contribution is 14.0. The Morgan fingerprint density at radius 2 is 1.96 bits per heavy atom. The van der Waals surface area contributed by atoms with E-state index in [0.717, 1.165) is 32.0 Å². The lowest BCUT2D eigenvalue weighted by Gasteiger charge is -2.14. The zero-order valence-electron chi connectivity index (χ0n) is 17.1. The third-order valence-electron chi connectivity index (χ3n) is 4.24. The maximum Gasteiger partial charge on any atom is 0.191 e. The van der Waals surface area contributed by atoms with Crippen LogP contribution in [0.3, 0.4) is 0 Å². The van der Waals surface area contributed by atoms with E-state index in [0.29, 0.717) is 19.1 Å². The van der Waals surface area contributed by atoms with E-state index >= 15 is 0 Å². The predicted molar refractivity (Wildman–Crippen MR) is 127 cm³/mol. The van der Waals surface area contributed by atoms with E-state index in [9.17, 15) is 0 Å². The number of hydrogen-bond acceptors (Lipinski definition) is 3. The molecule has 6 heteroatoms. The molecule has 28 heavy (non-hydrogen) atoms. The van der Waals surface area contributed by atoms with Crippen molar-refractivity contribution in [3.8, 4) is 0 Å². The third kappa shape index (κ3) is 9.50. The molecule has 1 unspecified atom stereocenters. The highest BCUT2D eigenvalue weighted by Gasteiger charge is 2.04. The smallest absolute Gasteiger partial charge is 0.191 e. The van der Waals surface area contributed by atoms with Gasteiger partial charge in [-0.05, 0) is 48.9 Å². The van der Waals surface area contributed by atoms with Crippen molar-refractivity contribution in [1.82, 2.24) is 15.6 Å². The van der Waals surface area contributed by atoms with Gasteiger partial charge in [-0.2, -0.15) is 0 Å². The van der Waals surface area contributed by atoms with E-state index in [1.54, 1.807) is 0 Å². The van der Waals surface area contributed by atoms with Crippen LogP contribution in [0.5, 0.6) is 0 Å². The molecule has 2 rings (SSSR count). The molecule has 1 atom stereocenters. The summed E-state index contributed by atoms with van der Waals surface area (Å²) in [5.41, 5.74) is 3.75. The molecule has 0 aliphatic heterocycles. The van der Waals surface area contributed by atoms with Gasteiger partial charge in [0, 0.05) is 32.0 Å². The summed E-state index contributed by atoms with van der Waals surface area (Å²) < 4.78 is 5.81. The van der Waals surface area contributed by atoms with Gasteiger partial charge in [0.1, 0.15) is 0 Å². The molecule has 1 heterocycles. The highest BCUT2D eigenvalue weighted by atomic mass is 127. The standard InChI is InChI=1S/C22H32N4O.HI/c1-4-24-22(25-13-11-21-10-12-23-15-19(21)3)26-14-18(2)16-27-17-20-8-6-5-7-9-20;/h5-10,12,15,18H,4,11,13-14,16-17H2,1-3H3,(H2,24,25,26);1H. The number of guanidine groups is 1. The first kappa shape index (κ1) is 24.4. The van der Waals surface area contributed by atoms with Crippen molar-refractivity contribution in [3.05, 3.63) is 65.5 Å². The minimum atomic E-state index is 0. The molecule has 0 aliphatic carbocycles. The van der Waals surface area contributed by atoms with Crippen LogP contribution in [-0.4, -0.2) is 37.2 Å². The fraction of sp³-hybridized carbons (Fsp3) is 0.455. The van der Waals surface area contributed by atoms with Crippen LogP contribution >= 0.6 is 24.0 Å². The second-order valence-corrected chi connectivity index (χ2v) is 6.80. The third-order valence-corrected chi connectivity index (χ3v) is 4.24. The Morgan fingerprint density at radius 1 is 1.18 bits per heavy atom. The predicted octanol–water partition coefficient (Wildman–Crippen LogP) is 3.96. The van der Waals surface area contributed by atoms with Gasteiger partial charge in [0.2, 0.25) is 0 Å². The topological polar surface area (TPSA) is 58.5 Å². The minimum Gasteiger partial charge on any atom is -0.376 e. The van der Waals surface area contributed by atoms with E-state index in [4.69, 9.17) is 9.73 Å². The number of pyridine rings is 1. The molecule has 154 valence electrons. The number of rotatable bonds is 10. The minimum absolute atomic E-state index is 0. The number of hydrogen-bond donors (Lipinski definition) is 2. The van der Waals surface area contributed by atoms with Crippen LogP contribution in [-0.2, 0) is 17.8 Å². The summed E-state index contributed by atoms with van der Waals surface area (Å²) in [4.78, 5) is 8.84. The molecule has 1 aromatic carbocycles. The first-order valence-corrected chi connectivity index (χ1v) is 9.72. The number of nitrogens with zero attached hydrogens (tertiary/aromatic N) is 2. The molecule has 0 saturated heterocycles. The van der Waals surface area contributed by atoms with E-state index in [2.05, 4.69) is 54.6 Å². The largest absolute Gasteiger partial charge is 0.376 e. The van der Waals surface area contributed by atoms with Crippen molar-refractivity contribution < 1.29 is 4.74 Å². The van der Waals surface area contributed by atoms with Gasteiger partial charge in [0.05, 0.1) is 13.2 Å². The van der Waals surface area contributed by atoms with Gasteiger partial charge in [-0.15, -0.1) is 24.0 Å². The van der Waals surface area contributed by atoms with Crippen LogP contribution in [0.25, 0.3) is 0 Å². The van der Waals surface area contributed by atoms with Crippen LogP contribution in [0, 0.1) is 12.8 Å². The number of aliphatic imine (C=N–C) groups is 1. The number of aryl methyl sites for hydroxylation is 1. The summed E-state index contributed by atoms with van der Waals surface area (Å²) in [6.07, 6.45) is 4.71. The second kappa shape index (κ2) is 14.3. The van der Waals surface area contributed by atoms with Crippen LogP contribution in [0.15, 0.2) is 53.8 Å². The lowest BCUT2D eigenvalue weighted by atomic mass is 10.1. The van der Waals surface area contributed by atoms with Gasteiger partial charge < -0.3 is 15.4 Å². The lowest BCUT2D eigenvalue weighted by molar-refractivity contribution is 0.0945. The molecule has 0 saturated carbocycles. The molecule has 5 nitrogen and oxygen atoms in total. The molecule has 2 aromatic rings. The maximum absolute atomic E-state index is 5.81. The van der Waals surface area contributed by atoms with Crippen LogP contribution in [0.4, 0.5) is 0 Å². The summed E-state index contributed by atoms with van der Waals surface area (Å²) >= 11 is 0. The monoisotopic (exact) mass is 496 g/mol. The number of halogens is 1. The Balaban J connectivity index is 0.00000392. The molecule has 0 aliphatic rings. The van der Waals surface area contributed by atoms with E-state index in [-0.39, 0.29) is 24.0 Å². The summed E-state index contributed by atoms with van der Waals surface area (Å²) in [6.45, 7) is 10.1. The Morgan fingerprint density at radius 3 is 2.68 bits per heavy atom. The van der Waals surface area contributed by atoms with Crippen molar-refractivity contribution in [2.24, 2.45) is 10.9 Å². The van der Waals surface area contributed by atoms with Crippen LogP contribution < -0.4 is 10.6 Å². The summed E-state index contributed by atoms with van der Waals surface area (Å²) in [5, 5.41) is 6.72. The van der Waals surface area contributed by atoms with Gasteiger partial charge in [0.15, 0.2) is 5.96 Å². The number of nitrogens with one attached hydrogen (secondary N) is 2. The maximum atomic E-state index is 5.81. The van der Waals surface area contributed by atoms with Crippen molar-refractivity contribution in [2.75, 3.05) is 26.2 Å². The van der Waals surface area contributed by atoms with Gasteiger partial charge >= 0.3 is 0 Å². The molecular formula is C22H33IN4O. The molecule has 2 N–H and O–H groups in total.